The summed E-state index contributed by atoms with van der Waals surface area (Å²) in [5.41, 5.74) is 1.20. The van der Waals surface area contributed by atoms with Crippen molar-refractivity contribution in [3.05, 3.63) is 47.7 Å². The fraction of sp³-hybridized carbons (Fsp3) is 0.409. The Bertz CT molecular complexity index is 1300. The van der Waals surface area contributed by atoms with Gasteiger partial charge in [0.15, 0.2) is 11.5 Å². The third kappa shape index (κ3) is 3.41. The monoisotopic (exact) mass is 467 g/mol. The van der Waals surface area contributed by atoms with Crippen LogP contribution in [0.2, 0.25) is 0 Å². The summed E-state index contributed by atoms with van der Waals surface area (Å²) in [7, 11) is 0. The van der Waals surface area contributed by atoms with Gasteiger partial charge in [0.25, 0.3) is 5.91 Å². The van der Waals surface area contributed by atoms with Crippen LogP contribution in [0.3, 0.4) is 0 Å². The van der Waals surface area contributed by atoms with E-state index < -0.39 is 24.0 Å². The van der Waals surface area contributed by atoms with Crippen LogP contribution < -0.4 is 15.1 Å². The number of aromatic nitrogens is 4. The van der Waals surface area contributed by atoms with Gasteiger partial charge < -0.3 is 15.0 Å². The number of amides is 2. The van der Waals surface area contributed by atoms with Gasteiger partial charge >= 0.3 is 0 Å². The normalized spacial score (nSPS) is 24.3. The Morgan fingerprint density at radius 3 is 3.03 bits per heavy atom. The first-order valence-electron chi connectivity index (χ1n) is 11.1. The number of fused-ring (bicyclic) bond motifs is 6. The summed E-state index contributed by atoms with van der Waals surface area (Å²) in [4.78, 5) is 41.7. The second-order valence-corrected chi connectivity index (χ2v) is 8.61. The first-order valence-corrected chi connectivity index (χ1v) is 11.1. The highest BCUT2D eigenvalue weighted by molar-refractivity contribution is 6.00. The zero-order valence-corrected chi connectivity index (χ0v) is 18.3. The van der Waals surface area contributed by atoms with Gasteiger partial charge in [0.1, 0.15) is 17.5 Å². The Hall–Kier alpha value is -3.80. The van der Waals surface area contributed by atoms with Crippen molar-refractivity contribution in [1.82, 2.24) is 29.8 Å². The molecule has 2 saturated heterocycles. The van der Waals surface area contributed by atoms with Gasteiger partial charge in [-0.15, -0.1) is 0 Å². The van der Waals surface area contributed by atoms with Crippen molar-refractivity contribution in [2.45, 2.75) is 38.0 Å². The fourth-order valence-corrected chi connectivity index (χ4v) is 4.78. The highest BCUT2D eigenvalue weighted by Crippen LogP contribution is 2.39. The van der Waals surface area contributed by atoms with Crippen molar-refractivity contribution < 1.29 is 23.6 Å². The van der Waals surface area contributed by atoms with Gasteiger partial charge in [0.2, 0.25) is 11.8 Å². The minimum absolute atomic E-state index is 0.0856. The predicted molar refractivity (Wildman–Crippen MR) is 116 cm³/mol. The Morgan fingerprint density at radius 1 is 1.29 bits per heavy atom. The van der Waals surface area contributed by atoms with E-state index in [2.05, 4.69) is 20.4 Å². The van der Waals surface area contributed by atoms with Crippen LogP contribution in [-0.4, -0.2) is 68.1 Å². The predicted octanol–water partition coefficient (Wildman–Crippen LogP) is 1.26. The van der Waals surface area contributed by atoms with E-state index >= 15 is 0 Å². The third-order valence-corrected chi connectivity index (χ3v) is 6.52. The van der Waals surface area contributed by atoms with Crippen molar-refractivity contribution in [3.63, 3.8) is 0 Å². The lowest BCUT2D eigenvalue weighted by Gasteiger charge is -2.38. The van der Waals surface area contributed by atoms with Crippen LogP contribution in [-0.2, 0) is 9.63 Å². The highest BCUT2D eigenvalue weighted by Gasteiger charge is 2.38. The van der Waals surface area contributed by atoms with Crippen LogP contribution in [0.4, 0.5) is 10.2 Å². The van der Waals surface area contributed by atoms with Crippen molar-refractivity contribution in [2.24, 2.45) is 0 Å². The molecule has 0 saturated carbocycles. The lowest BCUT2D eigenvalue weighted by Crippen LogP contribution is -2.57. The molecule has 3 aliphatic heterocycles. The molecule has 3 aromatic heterocycles. The van der Waals surface area contributed by atoms with Crippen LogP contribution in [0, 0.1) is 5.82 Å². The molecule has 6 heterocycles. The number of pyridine rings is 1. The average molecular weight is 467 g/mol. The molecule has 0 radical (unpaired) electrons. The molecule has 2 fully saturated rings. The molecule has 1 N–H and O–H groups in total. The van der Waals surface area contributed by atoms with E-state index in [9.17, 15) is 14.0 Å². The highest BCUT2D eigenvalue weighted by atomic mass is 19.1. The molecular formula is C22H22FN7O4. The molecule has 34 heavy (non-hydrogen) atoms. The Labute approximate surface area is 193 Å². The van der Waals surface area contributed by atoms with Crippen LogP contribution in [0.15, 0.2) is 30.7 Å². The van der Waals surface area contributed by atoms with Gasteiger partial charge in [0.05, 0.1) is 37.6 Å². The topological polar surface area (TPSA) is 114 Å². The van der Waals surface area contributed by atoms with Gasteiger partial charge in [-0.25, -0.2) is 23.9 Å². The number of likely N-dealkylation sites (tertiary alicyclic amines) is 1. The van der Waals surface area contributed by atoms with E-state index in [0.29, 0.717) is 48.6 Å². The number of halogens is 1. The summed E-state index contributed by atoms with van der Waals surface area (Å²) in [6.45, 7) is 2.63. The number of nitrogens with one attached hydrogen (secondary N) is 1. The van der Waals surface area contributed by atoms with Gasteiger partial charge in [-0.05, 0) is 12.5 Å². The SMILES string of the molecule is CC(=O)N1CC[C@H]2NC(=O)c3cnn4ccc(nc34)N3OCC[C@H]3c3cc(F)cnc3O[C@H]2C1. The minimum Gasteiger partial charge on any atom is -0.470 e. The van der Waals surface area contributed by atoms with E-state index in [1.807, 2.05) is 0 Å². The number of piperidine rings is 1. The molecule has 2 amide bonds. The number of hydrogen-bond donors (Lipinski definition) is 1. The summed E-state index contributed by atoms with van der Waals surface area (Å²) in [6.07, 6.45) is 4.72. The van der Waals surface area contributed by atoms with Crippen LogP contribution in [0.5, 0.6) is 5.88 Å². The molecule has 3 atom stereocenters. The number of ether oxygens (including phenoxy) is 1. The largest absolute Gasteiger partial charge is 0.470 e. The number of nitrogens with zero attached hydrogens (tertiary/aromatic N) is 6. The van der Waals surface area contributed by atoms with E-state index in [0.717, 1.165) is 6.20 Å². The smallest absolute Gasteiger partial charge is 0.257 e. The van der Waals surface area contributed by atoms with E-state index in [1.54, 1.807) is 22.2 Å². The molecule has 0 unspecified atom stereocenters. The quantitative estimate of drug-likeness (QED) is 0.526. The second kappa shape index (κ2) is 7.90. The van der Waals surface area contributed by atoms with E-state index in [4.69, 9.17) is 9.57 Å². The number of anilines is 1. The zero-order chi connectivity index (χ0) is 23.4. The minimum atomic E-state index is -0.586. The zero-order valence-electron chi connectivity index (χ0n) is 18.3. The summed E-state index contributed by atoms with van der Waals surface area (Å²) in [5.74, 6) is -0.240. The van der Waals surface area contributed by atoms with Crippen molar-refractivity contribution >= 4 is 23.3 Å². The number of carbonyl (C=O) groups is 2. The maximum atomic E-state index is 14.3. The summed E-state index contributed by atoms with van der Waals surface area (Å²) >= 11 is 0. The van der Waals surface area contributed by atoms with Gasteiger partial charge in [-0.1, -0.05) is 0 Å². The first-order chi connectivity index (χ1) is 16.5. The Balaban J connectivity index is 1.51. The fourth-order valence-electron chi connectivity index (χ4n) is 4.78. The Kier molecular flexibility index (Phi) is 4.83. The number of rotatable bonds is 0. The molecular weight excluding hydrogens is 445 g/mol. The number of hydrogen-bond acceptors (Lipinski definition) is 8. The molecule has 2 bridgehead atoms. The van der Waals surface area contributed by atoms with Crippen molar-refractivity contribution in [1.29, 1.82) is 0 Å². The molecule has 3 aliphatic rings. The van der Waals surface area contributed by atoms with E-state index in [-0.39, 0.29) is 24.2 Å². The molecule has 0 spiro atoms. The molecule has 0 aliphatic carbocycles. The molecule has 0 aromatic carbocycles. The maximum Gasteiger partial charge on any atom is 0.257 e. The lowest BCUT2D eigenvalue weighted by molar-refractivity contribution is -0.131. The number of carbonyl (C=O) groups excluding carboxylic acids is 2. The van der Waals surface area contributed by atoms with Gasteiger partial charge in [-0.2, -0.15) is 5.10 Å². The van der Waals surface area contributed by atoms with Gasteiger partial charge in [-0.3, -0.25) is 14.4 Å². The Morgan fingerprint density at radius 2 is 2.18 bits per heavy atom. The van der Waals surface area contributed by atoms with Crippen LogP contribution in [0.1, 0.15) is 41.7 Å². The van der Waals surface area contributed by atoms with Crippen LogP contribution >= 0.6 is 0 Å². The molecule has 11 nitrogen and oxygen atoms in total. The molecule has 6 rings (SSSR count). The second-order valence-electron chi connectivity index (χ2n) is 8.61. The first kappa shape index (κ1) is 20.8. The maximum absolute atomic E-state index is 14.3. The molecule has 3 aromatic rings. The van der Waals surface area contributed by atoms with Crippen molar-refractivity contribution in [2.75, 3.05) is 24.8 Å². The summed E-state index contributed by atoms with van der Waals surface area (Å²) in [5, 5.41) is 8.86. The number of hydroxylamine groups is 1. The molecule has 12 heteroatoms. The van der Waals surface area contributed by atoms with Gasteiger partial charge in [0, 0.05) is 37.7 Å². The molecule has 176 valence electrons. The average Bonchev–Trinajstić information content (AvgIpc) is 3.47. The standard InChI is InChI=1S/C22H22FN7O4/c1-12(31)28-5-2-16-18(11-28)34-22-14(8-13(23)9-24-22)17-4-7-33-30(17)19-3-6-29-20(27-19)15(10-25-29)21(32)26-16/h3,6,8-10,16-18H,2,4-5,7,11H2,1H3,(H,26,32)/t16-,17+,18+/m1/s1. The summed E-state index contributed by atoms with van der Waals surface area (Å²) < 4.78 is 22.2. The van der Waals surface area contributed by atoms with Crippen LogP contribution in [0.25, 0.3) is 5.65 Å². The van der Waals surface area contributed by atoms with Crippen molar-refractivity contribution in [3.8, 4) is 5.88 Å². The summed E-state index contributed by atoms with van der Waals surface area (Å²) in [6, 6.07) is 2.29. The third-order valence-electron chi connectivity index (χ3n) is 6.52. The van der Waals surface area contributed by atoms with E-state index in [1.165, 1.54) is 23.7 Å². The lowest BCUT2D eigenvalue weighted by atomic mass is 10.0.